The van der Waals surface area contributed by atoms with E-state index in [4.69, 9.17) is 0 Å². The predicted molar refractivity (Wildman–Crippen MR) is 102 cm³/mol. The highest BCUT2D eigenvalue weighted by Crippen LogP contribution is 2.23. The van der Waals surface area contributed by atoms with Gasteiger partial charge in [-0.25, -0.2) is 9.67 Å². The zero-order valence-corrected chi connectivity index (χ0v) is 16.1. The van der Waals surface area contributed by atoms with Crippen LogP contribution in [-0.2, 0) is 0 Å². The first-order valence-electron chi connectivity index (χ1n) is 8.67. The van der Waals surface area contributed by atoms with E-state index < -0.39 is 6.10 Å². The molecule has 2 unspecified atom stereocenters. The van der Waals surface area contributed by atoms with Crippen LogP contribution in [0.25, 0.3) is 5.69 Å². The van der Waals surface area contributed by atoms with Crippen molar-refractivity contribution >= 4 is 18.3 Å². The maximum absolute atomic E-state index is 12.4. The molecule has 1 aliphatic rings. The van der Waals surface area contributed by atoms with Crippen LogP contribution in [0, 0.1) is 12.8 Å². The van der Waals surface area contributed by atoms with Gasteiger partial charge in [-0.3, -0.25) is 4.79 Å². The van der Waals surface area contributed by atoms with Crippen molar-refractivity contribution in [3.63, 3.8) is 0 Å². The Morgan fingerprint density at radius 3 is 2.77 bits per heavy atom. The minimum Gasteiger partial charge on any atom is -0.391 e. The lowest BCUT2D eigenvalue weighted by Crippen LogP contribution is -2.34. The second-order valence-electron chi connectivity index (χ2n) is 6.80. The average molecular weight is 380 g/mol. The molecule has 0 saturated carbocycles. The standard InChI is InChI=1S/C18H25N5O2.ClH/c1-11(2)14-6-4-5-7-15(14)23-12(3)21-17(22-23)18(25)20-9-13-8-19-10-16(13)24;/h4-7,11,13,16,19,24H,8-10H2,1-3H3,(H,20,25);1H. The molecule has 2 aromatic rings. The number of carbonyl (C=O) groups is 1. The van der Waals surface area contributed by atoms with Gasteiger partial charge in [0.2, 0.25) is 5.82 Å². The molecule has 0 spiro atoms. The van der Waals surface area contributed by atoms with Crippen molar-refractivity contribution in [3.05, 3.63) is 41.5 Å². The molecule has 8 heteroatoms. The van der Waals surface area contributed by atoms with Gasteiger partial charge in [0.15, 0.2) is 0 Å². The molecule has 2 heterocycles. The number of nitrogens with one attached hydrogen (secondary N) is 2. The predicted octanol–water partition coefficient (Wildman–Crippen LogP) is 1.43. The molecule has 1 amide bonds. The summed E-state index contributed by atoms with van der Waals surface area (Å²) in [5, 5.41) is 20.1. The summed E-state index contributed by atoms with van der Waals surface area (Å²) in [6.45, 7) is 7.76. The Labute approximate surface area is 159 Å². The van der Waals surface area contributed by atoms with Gasteiger partial charge in [0, 0.05) is 25.6 Å². The lowest BCUT2D eigenvalue weighted by molar-refractivity contribution is 0.0917. The van der Waals surface area contributed by atoms with Crippen molar-refractivity contribution in [1.82, 2.24) is 25.4 Å². The minimum atomic E-state index is -0.425. The number of para-hydroxylation sites is 1. The van der Waals surface area contributed by atoms with Gasteiger partial charge >= 0.3 is 0 Å². The zero-order valence-electron chi connectivity index (χ0n) is 15.3. The molecular formula is C18H26ClN5O2. The molecule has 0 bridgehead atoms. The number of rotatable bonds is 5. The van der Waals surface area contributed by atoms with Gasteiger partial charge in [-0.2, -0.15) is 0 Å². The molecule has 3 N–H and O–H groups in total. The van der Waals surface area contributed by atoms with E-state index in [1.54, 1.807) is 4.68 Å². The number of aryl methyl sites for hydroxylation is 1. The topological polar surface area (TPSA) is 92.1 Å². The first-order valence-corrected chi connectivity index (χ1v) is 8.67. The van der Waals surface area contributed by atoms with Crippen molar-refractivity contribution in [2.45, 2.75) is 32.8 Å². The maximum Gasteiger partial charge on any atom is 0.290 e. The second kappa shape index (κ2) is 8.62. The molecule has 0 aliphatic carbocycles. The van der Waals surface area contributed by atoms with Crippen LogP contribution in [0.3, 0.4) is 0 Å². The van der Waals surface area contributed by atoms with Gasteiger partial charge in [0.05, 0.1) is 11.8 Å². The van der Waals surface area contributed by atoms with E-state index in [2.05, 4.69) is 40.6 Å². The number of hydrogen-bond acceptors (Lipinski definition) is 5. The molecular weight excluding hydrogens is 354 g/mol. The fraction of sp³-hybridized carbons (Fsp3) is 0.500. The lowest BCUT2D eigenvalue weighted by atomic mass is 10.0. The normalized spacial score (nSPS) is 19.4. The van der Waals surface area contributed by atoms with Gasteiger partial charge in [-0.15, -0.1) is 17.5 Å². The summed E-state index contributed by atoms with van der Waals surface area (Å²) in [5.41, 5.74) is 2.10. The van der Waals surface area contributed by atoms with Crippen molar-refractivity contribution in [3.8, 4) is 5.69 Å². The van der Waals surface area contributed by atoms with E-state index in [0.717, 1.165) is 11.3 Å². The molecule has 1 aromatic carbocycles. The zero-order chi connectivity index (χ0) is 18.0. The monoisotopic (exact) mass is 379 g/mol. The Bertz CT molecular complexity index is 762. The Morgan fingerprint density at radius 1 is 1.38 bits per heavy atom. The third-order valence-corrected chi connectivity index (χ3v) is 4.59. The van der Waals surface area contributed by atoms with Gasteiger partial charge < -0.3 is 15.7 Å². The lowest BCUT2D eigenvalue weighted by Gasteiger charge is -2.13. The molecule has 142 valence electrons. The molecule has 7 nitrogen and oxygen atoms in total. The van der Waals surface area contributed by atoms with Crippen LogP contribution in [-0.4, -0.2) is 51.5 Å². The van der Waals surface area contributed by atoms with Gasteiger partial charge in [0.25, 0.3) is 5.91 Å². The van der Waals surface area contributed by atoms with E-state index >= 15 is 0 Å². The van der Waals surface area contributed by atoms with Crippen LogP contribution in [0.4, 0.5) is 0 Å². The van der Waals surface area contributed by atoms with Crippen LogP contribution in [0.2, 0.25) is 0 Å². The summed E-state index contributed by atoms with van der Waals surface area (Å²) in [7, 11) is 0. The van der Waals surface area contributed by atoms with Crippen LogP contribution in [0.5, 0.6) is 0 Å². The highest BCUT2D eigenvalue weighted by atomic mass is 35.5. The molecule has 26 heavy (non-hydrogen) atoms. The van der Waals surface area contributed by atoms with Gasteiger partial charge in [-0.1, -0.05) is 32.0 Å². The third kappa shape index (κ3) is 4.23. The molecule has 1 saturated heterocycles. The molecule has 0 radical (unpaired) electrons. The fourth-order valence-corrected chi connectivity index (χ4v) is 3.11. The van der Waals surface area contributed by atoms with Crippen molar-refractivity contribution in [1.29, 1.82) is 0 Å². The van der Waals surface area contributed by atoms with E-state index in [1.165, 1.54) is 0 Å². The minimum absolute atomic E-state index is 0. The molecule has 3 rings (SSSR count). The summed E-state index contributed by atoms with van der Waals surface area (Å²) in [6.07, 6.45) is -0.425. The van der Waals surface area contributed by atoms with Crippen molar-refractivity contribution in [2.24, 2.45) is 5.92 Å². The summed E-state index contributed by atoms with van der Waals surface area (Å²) in [5.74, 6) is 0.863. The van der Waals surface area contributed by atoms with E-state index in [-0.39, 0.29) is 30.1 Å². The fourth-order valence-electron chi connectivity index (χ4n) is 3.11. The van der Waals surface area contributed by atoms with Crippen LogP contribution >= 0.6 is 12.4 Å². The van der Waals surface area contributed by atoms with Crippen molar-refractivity contribution in [2.75, 3.05) is 19.6 Å². The number of halogens is 1. The third-order valence-electron chi connectivity index (χ3n) is 4.59. The number of aromatic nitrogens is 3. The number of benzene rings is 1. The Hall–Kier alpha value is -1.96. The average Bonchev–Trinajstić information content (AvgIpc) is 3.18. The first kappa shape index (κ1) is 20.4. The molecule has 1 fully saturated rings. The quantitative estimate of drug-likeness (QED) is 0.731. The summed E-state index contributed by atoms with van der Waals surface area (Å²) >= 11 is 0. The highest BCUT2D eigenvalue weighted by Gasteiger charge is 2.26. The van der Waals surface area contributed by atoms with Crippen LogP contribution in [0.15, 0.2) is 24.3 Å². The Kier molecular flexibility index (Phi) is 6.75. The highest BCUT2D eigenvalue weighted by molar-refractivity contribution is 5.90. The summed E-state index contributed by atoms with van der Waals surface area (Å²) < 4.78 is 1.72. The largest absolute Gasteiger partial charge is 0.391 e. The number of hydrogen-bond donors (Lipinski definition) is 3. The van der Waals surface area contributed by atoms with Gasteiger partial charge in [0.1, 0.15) is 5.82 Å². The maximum atomic E-state index is 12.4. The van der Waals surface area contributed by atoms with E-state index in [1.807, 2.05) is 25.1 Å². The Balaban J connectivity index is 0.00000243. The summed E-state index contributed by atoms with van der Waals surface area (Å²) in [6, 6.07) is 8.00. The first-order chi connectivity index (χ1) is 12.0. The van der Waals surface area contributed by atoms with Crippen molar-refractivity contribution < 1.29 is 9.90 Å². The molecule has 1 aliphatic heterocycles. The van der Waals surface area contributed by atoms with Crippen LogP contribution < -0.4 is 10.6 Å². The second-order valence-corrected chi connectivity index (χ2v) is 6.80. The van der Waals surface area contributed by atoms with Crippen LogP contribution in [0.1, 0.15) is 41.8 Å². The van der Waals surface area contributed by atoms with Gasteiger partial charge in [-0.05, 0) is 24.5 Å². The number of carbonyl (C=O) groups excluding carboxylic acids is 1. The Morgan fingerprint density at radius 2 is 2.12 bits per heavy atom. The SMILES string of the molecule is Cc1nc(C(=O)NCC2CNCC2O)nn1-c1ccccc1C(C)C.Cl. The number of nitrogens with zero attached hydrogens (tertiary/aromatic N) is 3. The number of β-amino-alcohol motifs (C(OH)–C–C–N with tert-alkyl or cyclic N) is 1. The smallest absolute Gasteiger partial charge is 0.290 e. The number of aliphatic hydroxyl groups excluding tert-OH is 1. The van der Waals surface area contributed by atoms with E-state index in [9.17, 15) is 9.90 Å². The molecule has 2 atom stereocenters. The number of amides is 1. The van der Waals surface area contributed by atoms with E-state index in [0.29, 0.717) is 31.4 Å². The summed E-state index contributed by atoms with van der Waals surface area (Å²) in [4.78, 5) is 16.7. The number of aliphatic hydroxyl groups is 1. The molecule has 1 aromatic heterocycles.